The average molecular weight is 363 g/mol. The van der Waals surface area contributed by atoms with Gasteiger partial charge in [-0.05, 0) is 62.2 Å². The van der Waals surface area contributed by atoms with E-state index >= 15 is 0 Å². The van der Waals surface area contributed by atoms with E-state index in [0.717, 1.165) is 31.6 Å². The molecule has 0 atom stereocenters. The largest absolute Gasteiger partial charge is 0.364 e. The van der Waals surface area contributed by atoms with Gasteiger partial charge in [-0.15, -0.1) is 0 Å². The molecule has 1 aliphatic heterocycles. The van der Waals surface area contributed by atoms with E-state index in [1.165, 1.54) is 29.5 Å². The third-order valence-electron chi connectivity index (χ3n) is 5.57. The van der Waals surface area contributed by atoms with Gasteiger partial charge in [-0.2, -0.15) is 0 Å². The van der Waals surface area contributed by atoms with Crippen molar-refractivity contribution in [3.63, 3.8) is 0 Å². The van der Waals surface area contributed by atoms with Crippen LogP contribution in [0.5, 0.6) is 0 Å². The standard InChI is InChI=1S/C21H25N5O/c1-22-20(25-15-18-6-11-27-26-18)24-14-16-12-17-4-2-3-5-19(17)21(13-16)7-9-23-10-8-21/h2-6,11,14,23H,1,7-10,12-13,15H2,(H,24,25)/b16-14+. The molecule has 6 heteroatoms. The van der Waals surface area contributed by atoms with Gasteiger partial charge in [0.1, 0.15) is 12.0 Å². The van der Waals surface area contributed by atoms with Gasteiger partial charge in [0.25, 0.3) is 0 Å². The Labute approximate surface area is 159 Å². The number of fused-ring (bicyclic) bond motifs is 2. The number of aliphatic imine (C=N–C) groups is 2. The summed E-state index contributed by atoms with van der Waals surface area (Å²) >= 11 is 0. The summed E-state index contributed by atoms with van der Waals surface area (Å²) in [6, 6.07) is 10.7. The molecule has 1 fully saturated rings. The zero-order chi connectivity index (χ0) is 18.5. The van der Waals surface area contributed by atoms with Crippen molar-refractivity contribution < 1.29 is 4.52 Å². The predicted octanol–water partition coefficient (Wildman–Crippen LogP) is 2.97. The van der Waals surface area contributed by atoms with Crippen LogP contribution in [-0.4, -0.2) is 30.9 Å². The summed E-state index contributed by atoms with van der Waals surface area (Å²) in [4.78, 5) is 8.41. The van der Waals surface area contributed by atoms with Crippen molar-refractivity contribution in [1.29, 1.82) is 0 Å². The predicted molar refractivity (Wildman–Crippen MR) is 107 cm³/mol. The van der Waals surface area contributed by atoms with Crippen LogP contribution in [0.4, 0.5) is 0 Å². The monoisotopic (exact) mass is 363 g/mol. The lowest BCUT2D eigenvalue weighted by Gasteiger charge is -2.43. The lowest BCUT2D eigenvalue weighted by Crippen LogP contribution is -2.42. The summed E-state index contributed by atoms with van der Waals surface area (Å²) in [5, 5.41) is 10.6. The summed E-state index contributed by atoms with van der Waals surface area (Å²) in [7, 11) is 0. The maximum Gasteiger partial charge on any atom is 0.221 e. The molecule has 1 spiro atoms. The van der Waals surface area contributed by atoms with Crippen LogP contribution in [0.3, 0.4) is 0 Å². The Morgan fingerprint density at radius 3 is 2.93 bits per heavy atom. The first-order chi connectivity index (χ1) is 13.3. The molecule has 2 aliphatic rings. The molecular weight excluding hydrogens is 338 g/mol. The van der Waals surface area contributed by atoms with Crippen LogP contribution in [-0.2, 0) is 18.4 Å². The molecule has 1 aliphatic carbocycles. The Kier molecular flexibility index (Phi) is 5.16. The van der Waals surface area contributed by atoms with Crippen LogP contribution in [0.15, 0.2) is 62.9 Å². The number of piperidine rings is 1. The van der Waals surface area contributed by atoms with Gasteiger partial charge in [0, 0.05) is 17.7 Å². The van der Waals surface area contributed by atoms with Crippen molar-refractivity contribution in [2.45, 2.75) is 37.6 Å². The lowest BCUT2D eigenvalue weighted by atomic mass is 9.64. The van der Waals surface area contributed by atoms with Gasteiger partial charge in [0.15, 0.2) is 0 Å². The number of benzene rings is 1. The Hall–Kier alpha value is -2.73. The Bertz CT molecular complexity index is 847. The fourth-order valence-electron chi connectivity index (χ4n) is 4.27. The van der Waals surface area contributed by atoms with Crippen molar-refractivity contribution >= 4 is 12.7 Å². The second kappa shape index (κ2) is 7.88. The van der Waals surface area contributed by atoms with Crippen molar-refractivity contribution in [3.8, 4) is 0 Å². The van der Waals surface area contributed by atoms with Gasteiger partial charge in [0.2, 0.25) is 5.96 Å². The van der Waals surface area contributed by atoms with E-state index < -0.39 is 0 Å². The van der Waals surface area contributed by atoms with Crippen LogP contribution in [0, 0.1) is 0 Å². The van der Waals surface area contributed by atoms with Crippen LogP contribution >= 0.6 is 0 Å². The zero-order valence-electron chi connectivity index (χ0n) is 15.4. The molecule has 2 heterocycles. The van der Waals surface area contributed by atoms with E-state index in [1.807, 2.05) is 0 Å². The van der Waals surface area contributed by atoms with E-state index in [-0.39, 0.29) is 5.41 Å². The summed E-state index contributed by atoms with van der Waals surface area (Å²) in [6.07, 6.45) is 8.00. The van der Waals surface area contributed by atoms with Gasteiger partial charge in [-0.1, -0.05) is 29.4 Å². The minimum absolute atomic E-state index is 0.243. The molecule has 2 N–H and O–H groups in total. The van der Waals surface area contributed by atoms with Crippen LogP contribution in [0.2, 0.25) is 0 Å². The summed E-state index contributed by atoms with van der Waals surface area (Å²) < 4.78 is 4.83. The SMILES string of the molecule is C=NC(=NCc1ccon1)N/C=C1\Cc2ccccc2C2(CCNCC2)C1. The van der Waals surface area contributed by atoms with Crippen LogP contribution in [0.1, 0.15) is 36.1 Å². The van der Waals surface area contributed by atoms with Crippen LogP contribution in [0.25, 0.3) is 0 Å². The third-order valence-corrected chi connectivity index (χ3v) is 5.57. The van der Waals surface area contributed by atoms with Gasteiger partial charge in [0.05, 0.1) is 6.54 Å². The second-order valence-corrected chi connectivity index (χ2v) is 7.28. The zero-order valence-corrected chi connectivity index (χ0v) is 15.4. The fourth-order valence-corrected chi connectivity index (χ4v) is 4.27. The molecule has 0 amide bonds. The van der Waals surface area contributed by atoms with Crippen molar-refractivity contribution in [1.82, 2.24) is 15.8 Å². The van der Waals surface area contributed by atoms with E-state index in [9.17, 15) is 0 Å². The molecule has 2 aromatic rings. The Morgan fingerprint density at radius 1 is 1.30 bits per heavy atom. The highest BCUT2D eigenvalue weighted by Crippen LogP contribution is 2.45. The maximum absolute atomic E-state index is 4.83. The molecule has 1 aromatic carbocycles. The first-order valence-electron chi connectivity index (χ1n) is 9.43. The molecule has 0 unspecified atom stereocenters. The molecule has 27 heavy (non-hydrogen) atoms. The highest BCUT2D eigenvalue weighted by atomic mass is 16.5. The highest BCUT2D eigenvalue weighted by Gasteiger charge is 2.38. The number of guanidine groups is 1. The summed E-state index contributed by atoms with van der Waals surface area (Å²) in [5.74, 6) is 0.503. The molecular formula is C21H25N5O. The summed E-state index contributed by atoms with van der Waals surface area (Å²) in [5.41, 5.74) is 5.36. The minimum Gasteiger partial charge on any atom is -0.364 e. The van der Waals surface area contributed by atoms with Gasteiger partial charge in [-0.25, -0.2) is 9.98 Å². The molecule has 0 saturated carbocycles. The maximum atomic E-state index is 4.83. The van der Waals surface area contributed by atoms with E-state index in [4.69, 9.17) is 4.52 Å². The second-order valence-electron chi connectivity index (χ2n) is 7.28. The number of allylic oxidation sites excluding steroid dienone is 1. The number of nitrogens with zero attached hydrogens (tertiary/aromatic N) is 3. The van der Waals surface area contributed by atoms with E-state index in [2.05, 4.69) is 63.0 Å². The van der Waals surface area contributed by atoms with Crippen molar-refractivity contribution in [2.24, 2.45) is 9.98 Å². The minimum atomic E-state index is 0.243. The lowest BCUT2D eigenvalue weighted by molar-refractivity contribution is 0.293. The molecule has 4 rings (SSSR count). The smallest absolute Gasteiger partial charge is 0.221 e. The number of hydrogen-bond acceptors (Lipinski definition) is 4. The number of hydrogen-bond donors (Lipinski definition) is 2. The normalized spacial score (nSPS) is 20.4. The molecule has 1 saturated heterocycles. The van der Waals surface area contributed by atoms with Crippen molar-refractivity contribution in [3.05, 3.63) is 65.2 Å². The average Bonchev–Trinajstić information content (AvgIpc) is 3.22. The first-order valence-corrected chi connectivity index (χ1v) is 9.43. The summed E-state index contributed by atoms with van der Waals surface area (Å²) in [6.45, 7) is 6.19. The van der Waals surface area contributed by atoms with E-state index in [1.54, 1.807) is 12.3 Å². The Balaban J connectivity index is 1.53. The van der Waals surface area contributed by atoms with Gasteiger partial charge in [-0.3, -0.25) is 0 Å². The molecule has 1 aromatic heterocycles. The number of aromatic nitrogens is 1. The Morgan fingerprint density at radius 2 is 2.15 bits per heavy atom. The quantitative estimate of drug-likeness (QED) is 0.649. The molecule has 0 bridgehead atoms. The number of nitrogens with one attached hydrogen (secondary N) is 2. The highest BCUT2D eigenvalue weighted by molar-refractivity contribution is 5.84. The molecule has 6 nitrogen and oxygen atoms in total. The van der Waals surface area contributed by atoms with Crippen molar-refractivity contribution in [2.75, 3.05) is 13.1 Å². The van der Waals surface area contributed by atoms with E-state index in [0.29, 0.717) is 12.5 Å². The van der Waals surface area contributed by atoms with Gasteiger partial charge >= 0.3 is 0 Å². The topological polar surface area (TPSA) is 74.8 Å². The number of rotatable bonds is 3. The van der Waals surface area contributed by atoms with Crippen LogP contribution < -0.4 is 10.6 Å². The van der Waals surface area contributed by atoms with Gasteiger partial charge < -0.3 is 15.2 Å². The third kappa shape index (κ3) is 3.85. The molecule has 140 valence electrons. The molecule has 0 radical (unpaired) electrons. The first kappa shape index (κ1) is 17.7. The fraction of sp³-hybridized carbons (Fsp3) is 0.381.